The van der Waals surface area contributed by atoms with Crippen molar-refractivity contribution in [2.45, 2.75) is 25.2 Å². The van der Waals surface area contributed by atoms with E-state index in [0.717, 1.165) is 29.7 Å². The van der Waals surface area contributed by atoms with Gasteiger partial charge in [0.25, 0.3) is 0 Å². The summed E-state index contributed by atoms with van der Waals surface area (Å²) in [6.45, 7) is 0. The molecule has 0 heterocycles. The molecule has 0 saturated heterocycles. The highest BCUT2D eigenvalue weighted by molar-refractivity contribution is 6.00. The molecular formula is C20H20O2. The number of Topliss-reactive ketones (excluding diaryl/α,β-unsaturated/α-hetero) is 1. The number of ketones is 1. The quantitative estimate of drug-likeness (QED) is 0.772. The summed E-state index contributed by atoms with van der Waals surface area (Å²) in [5.74, 6) is 1.56. The van der Waals surface area contributed by atoms with Crippen LogP contribution in [-0.2, 0) is 4.79 Å². The lowest BCUT2D eigenvalue weighted by atomic mass is 9.80. The van der Waals surface area contributed by atoms with Crippen molar-refractivity contribution in [1.29, 1.82) is 0 Å². The Balaban J connectivity index is 1.81. The molecule has 1 saturated carbocycles. The van der Waals surface area contributed by atoms with Crippen LogP contribution in [-0.4, -0.2) is 12.9 Å². The summed E-state index contributed by atoms with van der Waals surface area (Å²) in [4.78, 5) is 12.2. The molecule has 2 aromatic rings. The Morgan fingerprint density at radius 2 is 1.77 bits per heavy atom. The number of hydrogen-bond donors (Lipinski definition) is 0. The van der Waals surface area contributed by atoms with Gasteiger partial charge in [0.1, 0.15) is 5.75 Å². The minimum atomic E-state index is 0.281. The Bertz CT molecular complexity index is 669. The highest BCUT2D eigenvalue weighted by atomic mass is 16.5. The summed E-state index contributed by atoms with van der Waals surface area (Å²) in [6.07, 6.45) is 4.44. The van der Waals surface area contributed by atoms with E-state index in [1.165, 1.54) is 5.56 Å². The van der Waals surface area contributed by atoms with Crippen LogP contribution in [0.5, 0.6) is 5.75 Å². The molecule has 1 aliphatic carbocycles. The molecule has 0 aromatic heterocycles. The smallest absolute Gasteiger partial charge is 0.158 e. The molecule has 2 nitrogen and oxygen atoms in total. The van der Waals surface area contributed by atoms with Crippen LogP contribution in [0.4, 0.5) is 0 Å². The minimum absolute atomic E-state index is 0.281. The average molecular weight is 292 g/mol. The van der Waals surface area contributed by atoms with Gasteiger partial charge in [-0.1, -0.05) is 42.5 Å². The fourth-order valence-electron chi connectivity index (χ4n) is 3.00. The van der Waals surface area contributed by atoms with E-state index in [2.05, 4.69) is 24.3 Å². The lowest BCUT2D eigenvalue weighted by Crippen LogP contribution is -2.15. The van der Waals surface area contributed by atoms with Crippen molar-refractivity contribution in [2.75, 3.05) is 7.11 Å². The molecule has 0 N–H and O–H groups in total. The predicted molar refractivity (Wildman–Crippen MR) is 89.0 cm³/mol. The SMILES string of the molecule is COc1ccc(/C=C2/CC(c3ccccc3)CCC2=O)cc1. The monoisotopic (exact) mass is 292 g/mol. The molecule has 1 atom stereocenters. The fraction of sp³-hybridized carbons (Fsp3) is 0.250. The third-order valence-electron chi connectivity index (χ3n) is 4.27. The zero-order valence-electron chi connectivity index (χ0n) is 12.8. The minimum Gasteiger partial charge on any atom is -0.497 e. The molecule has 0 spiro atoms. The third-order valence-corrected chi connectivity index (χ3v) is 4.27. The van der Waals surface area contributed by atoms with Crippen LogP contribution in [0.3, 0.4) is 0 Å². The molecule has 0 amide bonds. The number of benzene rings is 2. The Kier molecular flexibility index (Phi) is 4.38. The van der Waals surface area contributed by atoms with Crippen LogP contribution < -0.4 is 4.74 Å². The van der Waals surface area contributed by atoms with E-state index in [1.807, 2.05) is 36.4 Å². The van der Waals surface area contributed by atoms with Crippen LogP contribution in [0.15, 0.2) is 60.2 Å². The summed E-state index contributed by atoms with van der Waals surface area (Å²) in [5.41, 5.74) is 3.32. The van der Waals surface area contributed by atoms with Crippen LogP contribution in [0.1, 0.15) is 36.3 Å². The fourth-order valence-corrected chi connectivity index (χ4v) is 3.00. The van der Waals surface area contributed by atoms with Crippen molar-refractivity contribution in [3.63, 3.8) is 0 Å². The van der Waals surface area contributed by atoms with Crippen LogP contribution in [0.2, 0.25) is 0 Å². The van der Waals surface area contributed by atoms with Gasteiger partial charge in [-0.2, -0.15) is 0 Å². The van der Waals surface area contributed by atoms with E-state index in [-0.39, 0.29) is 5.78 Å². The van der Waals surface area contributed by atoms with E-state index in [0.29, 0.717) is 12.3 Å². The van der Waals surface area contributed by atoms with E-state index >= 15 is 0 Å². The maximum Gasteiger partial charge on any atom is 0.158 e. The molecule has 2 aromatic carbocycles. The van der Waals surface area contributed by atoms with E-state index in [4.69, 9.17) is 4.74 Å². The van der Waals surface area contributed by atoms with Gasteiger partial charge in [0.15, 0.2) is 5.78 Å². The molecule has 0 radical (unpaired) electrons. The molecular weight excluding hydrogens is 272 g/mol. The Hall–Kier alpha value is -2.35. The van der Waals surface area contributed by atoms with Crippen molar-refractivity contribution in [3.8, 4) is 5.75 Å². The molecule has 3 rings (SSSR count). The largest absolute Gasteiger partial charge is 0.497 e. The summed E-state index contributed by atoms with van der Waals surface area (Å²) >= 11 is 0. The van der Waals surface area contributed by atoms with Crippen molar-refractivity contribution < 1.29 is 9.53 Å². The maximum atomic E-state index is 12.2. The first kappa shape index (κ1) is 14.6. The second kappa shape index (κ2) is 6.61. The molecule has 112 valence electrons. The number of ether oxygens (including phenoxy) is 1. The Morgan fingerprint density at radius 3 is 2.45 bits per heavy atom. The lowest BCUT2D eigenvalue weighted by Gasteiger charge is -2.23. The number of rotatable bonds is 3. The molecule has 1 fully saturated rings. The zero-order chi connectivity index (χ0) is 15.4. The number of carbonyl (C=O) groups is 1. The number of hydrogen-bond acceptors (Lipinski definition) is 2. The van der Waals surface area contributed by atoms with Crippen molar-refractivity contribution in [1.82, 2.24) is 0 Å². The van der Waals surface area contributed by atoms with Crippen LogP contribution >= 0.6 is 0 Å². The van der Waals surface area contributed by atoms with Gasteiger partial charge in [0, 0.05) is 6.42 Å². The second-order valence-electron chi connectivity index (χ2n) is 5.72. The molecule has 0 aliphatic heterocycles. The van der Waals surface area contributed by atoms with Crippen molar-refractivity contribution in [2.24, 2.45) is 0 Å². The average Bonchev–Trinajstić information content (AvgIpc) is 2.58. The first-order chi connectivity index (χ1) is 10.8. The number of carbonyl (C=O) groups excluding carboxylic acids is 1. The summed E-state index contributed by atoms with van der Waals surface area (Å²) in [5, 5.41) is 0. The number of methoxy groups -OCH3 is 1. The van der Waals surface area contributed by atoms with Gasteiger partial charge in [0.2, 0.25) is 0 Å². The van der Waals surface area contributed by atoms with Crippen LogP contribution in [0.25, 0.3) is 6.08 Å². The van der Waals surface area contributed by atoms with Gasteiger partial charge in [-0.05, 0) is 53.7 Å². The van der Waals surface area contributed by atoms with Gasteiger partial charge in [0.05, 0.1) is 7.11 Å². The van der Waals surface area contributed by atoms with Crippen molar-refractivity contribution >= 4 is 11.9 Å². The van der Waals surface area contributed by atoms with E-state index < -0.39 is 0 Å². The number of allylic oxidation sites excluding steroid dienone is 1. The van der Waals surface area contributed by atoms with E-state index in [1.54, 1.807) is 7.11 Å². The Morgan fingerprint density at radius 1 is 1.05 bits per heavy atom. The summed E-state index contributed by atoms with van der Waals surface area (Å²) in [7, 11) is 1.66. The Labute approximate surface area is 131 Å². The van der Waals surface area contributed by atoms with Crippen molar-refractivity contribution in [3.05, 3.63) is 71.3 Å². The molecule has 2 heteroatoms. The van der Waals surface area contributed by atoms with Gasteiger partial charge in [-0.25, -0.2) is 0 Å². The maximum absolute atomic E-state index is 12.2. The van der Waals surface area contributed by atoms with Gasteiger partial charge in [-0.15, -0.1) is 0 Å². The van der Waals surface area contributed by atoms with Gasteiger partial charge >= 0.3 is 0 Å². The zero-order valence-corrected chi connectivity index (χ0v) is 12.8. The normalized spacial score (nSPS) is 20.1. The van der Waals surface area contributed by atoms with Gasteiger partial charge in [-0.3, -0.25) is 4.79 Å². The van der Waals surface area contributed by atoms with Crippen LogP contribution in [0, 0.1) is 0 Å². The molecule has 0 bridgehead atoms. The first-order valence-electron chi connectivity index (χ1n) is 7.69. The molecule has 1 aliphatic rings. The van der Waals surface area contributed by atoms with E-state index in [9.17, 15) is 4.79 Å². The highest BCUT2D eigenvalue weighted by Gasteiger charge is 2.24. The molecule has 22 heavy (non-hydrogen) atoms. The van der Waals surface area contributed by atoms with Gasteiger partial charge < -0.3 is 4.74 Å². The summed E-state index contributed by atoms with van der Waals surface area (Å²) < 4.78 is 5.17. The first-order valence-corrected chi connectivity index (χ1v) is 7.69. The molecule has 1 unspecified atom stereocenters. The highest BCUT2D eigenvalue weighted by Crippen LogP contribution is 2.34. The summed E-state index contributed by atoms with van der Waals surface area (Å²) in [6, 6.07) is 18.3. The lowest BCUT2D eigenvalue weighted by molar-refractivity contribution is -0.116. The standard InChI is InChI=1S/C20H20O2/c1-22-19-10-7-15(8-11-19)13-18-14-17(9-12-20(18)21)16-5-3-2-4-6-16/h2-8,10-11,13,17H,9,12,14H2,1H3/b18-13-. The topological polar surface area (TPSA) is 26.3 Å². The second-order valence-corrected chi connectivity index (χ2v) is 5.72. The predicted octanol–water partition coefficient (Wildman–Crippen LogP) is 4.62. The third kappa shape index (κ3) is 3.28.